The molecule has 1 aliphatic carbocycles. The highest BCUT2D eigenvalue weighted by molar-refractivity contribution is 7.92. The first-order chi connectivity index (χ1) is 12.8. The third-order valence-corrected chi connectivity index (χ3v) is 4.73. The molecule has 1 aromatic carbocycles. The van der Waals surface area contributed by atoms with E-state index in [1.807, 2.05) is 0 Å². The number of amides is 1. The highest BCUT2D eigenvalue weighted by atomic mass is 32.2. The van der Waals surface area contributed by atoms with E-state index >= 15 is 0 Å². The molecule has 1 amide bonds. The van der Waals surface area contributed by atoms with E-state index in [2.05, 4.69) is 25.0 Å². The number of benzene rings is 1. The Balaban J connectivity index is 1.74. The lowest BCUT2D eigenvalue weighted by Gasteiger charge is -2.10. The number of H-pyrrole nitrogens is 1. The Kier molecular flexibility index (Phi) is 4.06. The summed E-state index contributed by atoms with van der Waals surface area (Å²) < 4.78 is 39.1. The van der Waals surface area contributed by atoms with Crippen molar-refractivity contribution in [2.45, 2.75) is 12.8 Å². The molecule has 1 fully saturated rings. The summed E-state index contributed by atoms with van der Waals surface area (Å²) in [5.74, 6) is -0.736. The van der Waals surface area contributed by atoms with Gasteiger partial charge in [-0.2, -0.15) is 4.98 Å². The number of halogens is 1. The summed E-state index contributed by atoms with van der Waals surface area (Å²) in [4.78, 5) is 23.6. The molecule has 0 unspecified atom stereocenters. The summed E-state index contributed by atoms with van der Waals surface area (Å²) >= 11 is 0. The van der Waals surface area contributed by atoms with Gasteiger partial charge in [-0.15, -0.1) is 0 Å². The molecular weight excluding hydrogens is 373 g/mol. The number of rotatable bonds is 5. The number of nitrogens with zero attached hydrogens (tertiary/aromatic N) is 2. The van der Waals surface area contributed by atoms with E-state index in [1.54, 1.807) is 18.3 Å². The van der Waals surface area contributed by atoms with Gasteiger partial charge in [0.1, 0.15) is 11.5 Å². The second-order valence-electron chi connectivity index (χ2n) is 6.47. The maximum Gasteiger partial charge on any atom is 0.232 e. The van der Waals surface area contributed by atoms with Gasteiger partial charge in [0.15, 0.2) is 0 Å². The van der Waals surface area contributed by atoms with Crippen molar-refractivity contribution in [2.75, 3.05) is 16.3 Å². The Hall–Kier alpha value is -3.01. The number of fused-ring (bicyclic) bond motifs is 1. The Bertz CT molecular complexity index is 1150. The average Bonchev–Trinajstić information content (AvgIpc) is 3.33. The summed E-state index contributed by atoms with van der Waals surface area (Å²) in [5, 5.41) is 3.34. The molecule has 1 saturated carbocycles. The van der Waals surface area contributed by atoms with E-state index in [4.69, 9.17) is 0 Å². The molecule has 1 aliphatic rings. The quantitative estimate of drug-likeness (QED) is 0.620. The SMILES string of the molecule is CS(=O)(=O)Nc1ccc(-c2nc(NC(=O)C3CC3)nc3[nH]ccc23)cc1F. The molecular formula is C17H16FN5O3S. The molecule has 10 heteroatoms. The van der Waals surface area contributed by atoms with Crippen LogP contribution in [0.2, 0.25) is 0 Å². The summed E-state index contributed by atoms with van der Waals surface area (Å²) in [6, 6.07) is 5.82. The number of aromatic amines is 1. The number of sulfonamides is 1. The lowest BCUT2D eigenvalue weighted by molar-refractivity contribution is -0.117. The van der Waals surface area contributed by atoms with Crippen LogP contribution in [0.25, 0.3) is 22.3 Å². The first-order valence-corrected chi connectivity index (χ1v) is 10.1. The fourth-order valence-electron chi connectivity index (χ4n) is 2.72. The van der Waals surface area contributed by atoms with Crippen LogP contribution < -0.4 is 10.0 Å². The van der Waals surface area contributed by atoms with Crippen molar-refractivity contribution in [3.05, 3.63) is 36.3 Å². The Morgan fingerprint density at radius 1 is 1.26 bits per heavy atom. The van der Waals surface area contributed by atoms with Crippen LogP contribution in [0.5, 0.6) is 0 Å². The van der Waals surface area contributed by atoms with Gasteiger partial charge in [-0.3, -0.25) is 14.8 Å². The van der Waals surface area contributed by atoms with Gasteiger partial charge in [0.25, 0.3) is 0 Å². The predicted octanol–water partition coefficient (Wildman–Crippen LogP) is 2.48. The molecule has 0 atom stereocenters. The number of carbonyl (C=O) groups excluding carboxylic acids is 1. The van der Waals surface area contributed by atoms with E-state index < -0.39 is 15.8 Å². The first kappa shape index (κ1) is 17.4. The van der Waals surface area contributed by atoms with Crippen LogP contribution in [-0.2, 0) is 14.8 Å². The molecule has 0 radical (unpaired) electrons. The summed E-state index contributed by atoms with van der Waals surface area (Å²) in [6.07, 6.45) is 4.32. The second-order valence-corrected chi connectivity index (χ2v) is 8.22. The molecule has 0 aliphatic heterocycles. The summed E-state index contributed by atoms with van der Waals surface area (Å²) in [5.41, 5.74) is 1.21. The van der Waals surface area contributed by atoms with Crippen molar-refractivity contribution in [3.8, 4) is 11.3 Å². The maximum atomic E-state index is 14.4. The zero-order valence-electron chi connectivity index (χ0n) is 14.3. The zero-order chi connectivity index (χ0) is 19.2. The minimum absolute atomic E-state index is 0.00446. The van der Waals surface area contributed by atoms with Gasteiger partial charge in [0.05, 0.1) is 17.6 Å². The van der Waals surface area contributed by atoms with Crippen LogP contribution in [0.4, 0.5) is 16.0 Å². The van der Waals surface area contributed by atoms with Gasteiger partial charge >= 0.3 is 0 Å². The number of aromatic nitrogens is 3. The molecule has 140 valence electrons. The third kappa shape index (κ3) is 3.75. The molecule has 4 rings (SSSR count). The van der Waals surface area contributed by atoms with Gasteiger partial charge in [0.2, 0.25) is 21.9 Å². The van der Waals surface area contributed by atoms with Gasteiger partial charge in [-0.25, -0.2) is 17.8 Å². The van der Waals surface area contributed by atoms with Crippen LogP contribution in [-0.4, -0.2) is 35.5 Å². The average molecular weight is 389 g/mol. The maximum absolute atomic E-state index is 14.4. The largest absolute Gasteiger partial charge is 0.346 e. The molecule has 8 nitrogen and oxygen atoms in total. The van der Waals surface area contributed by atoms with Crippen LogP contribution in [0.15, 0.2) is 30.5 Å². The number of carbonyl (C=O) groups is 1. The topological polar surface area (TPSA) is 117 Å². The zero-order valence-corrected chi connectivity index (χ0v) is 15.1. The van der Waals surface area contributed by atoms with Crippen molar-refractivity contribution in [3.63, 3.8) is 0 Å². The number of hydrogen-bond donors (Lipinski definition) is 3. The number of nitrogens with one attached hydrogen (secondary N) is 3. The number of hydrogen-bond acceptors (Lipinski definition) is 5. The molecule has 3 N–H and O–H groups in total. The second kappa shape index (κ2) is 6.31. The van der Waals surface area contributed by atoms with E-state index in [-0.39, 0.29) is 23.5 Å². The van der Waals surface area contributed by atoms with Gasteiger partial charge in [-0.1, -0.05) is 6.07 Å². The lowest BCUT2D eigenvalue weighted by Crippen LogP contribution is -2.16. The Labute approximate surface area is 154 Å². The molecule has 0 spiro atoms. The smallest absolute Gasteiger partial charge is 0.232 e. The van der Waals surface area contributed by atoms with Crippen LogP contribution >= 0.6 is 0 Å². The van der Waals surface area contributed by atoms with Gasteiger partial charge < -0.3 is 4.98 Å². The van der Waals surface area contributed by atoms with Crippen molar-refractivity contribution < 1.29 is 17.6 Å². The van der Waals surface area contributed by atoms with Crippen molar-refractivity contribution in [1.82, 2.24) is 15.0 Å². The molecule has 2 heterocycles. The van der Waals surface area contributed by atoms with Crippen LogP contribution in [0.3, 0.4) is 0 Å². The number of anilines is 2. The highest BCUT2D eigenvalue weighted by Gasteiger charge is 2.30. The Morgan fingerprint density at radius 3 is 2.70 bits per heavy atom. The molecule has 2 aromatic heterocycles. The molecule has 0 saturated heterocycles. The monoisotopic (exact) mass is 389 g/mol. The lowest BCUT2D eigenvalue weighted by atomic mass is 10.1. The summed E-state index contributed by atoms with van der Waals surface area (Å²) in [6.45, 7) is 0. The molecule has 3 aromatic rings. The van der Waals surface area contributed by atoms with Crippen molar-refractivity contribution in [2.24, 2.45) is 5.92 Å². The van der Waals surface area contributed by atoms with Crippen molar-refractivity contribution in [1.29, 1.82) is 0 Å². The predicted molar refractivity (Wildman–Crippen MR) is 99.1 cm³/mol. The van der Waals surface area contributed by atoms with Gasteiger partial charge in [0, 0.05) is 23.1 Å². The van der Waals surface area contributed by atoms with E-state index in [9.17, 15) is 17.6 Å². The van der Waals surface area contributed by atoms with E-state index in [0.717, 1.165) is 19.1 Å². The highest BCUT2D eigenvalue weighted by Crippen LogP contribution is 2.32. The minimum Gasteiger partial charge on any atom is -0.346 e. The standard InChI is InChI=1S/C17H16FN5O3S/c1-27(25,26)23-13-5-4-10(8-12(13)18)14-11-6-7-19-15(11)21-17(20-14)22-16(24)9-2-3-9/h4-9,23H,2-3H2,1H3,(H2,19,20,21,22,24). The van der Waals surface area contributed by atoms with Crippen molar-refractivity contribution >= 4 is 38.6 Å². The fraction of sp³-hybridized carbons (Fsp3) is 0.235. The first-order valence-electron chi connectivity index (χ1n) is 8.24. The fourth-order valence-corrected chi connectivity index (χ4v) is 3.28. The normalized spacial score (nSPS) is 14.3. The van der Waals surface area contributed by atoms with Crippen LogP contribution in [0.1, 0.15) is 12.8 Å². The third-order valence-electron chi connectivity index (χ3n) is 4.14. The molecule has 0 bridgehead atoms. The van der Waals surface area contributed by atoms with E-state index in [1.165, 1.54) is 12.1 Å². The minimum atomic E-state index is -3.59. The Morgan fingerprint density at radius 2 is 2.04 bits per heavy atom. The molecule has 27 heavy (non-hydrogen) atoms. The van der Waals surface area contributed by atoms with Gasteiger partial charge in [-0.05, 0) is 31.0 Å². The summed E-state index contributed by atoms with van der Waals surface area (Å²) in [7, 11) is -3.59. The van der Waals surface area contributed by atoms with E-state index in [0.29, 0.717) is 22.3 Å². The van der Waals surface area contributed by atoms with Crippen LogP contribution in [0, 0.1) is 11.7 Å².